The summed E-state index contributed by atoms with van der Waals surface area (Å²) in [6.07, 6.45) is 0. The Morgan fingerprint density at radius 3 is 1.73 bits per heavy atom. The molecule has 0 aliphatic rings. The second kappa shape index (κ2) is 12.2. The fourth-order valence-electron chi connectivity index (χ4n) is 9.38. The van der Waals surface area contributed by atoms with Crippen molar-refractivity contribution in [3.8, 4) is 34.4 Å². The number of aromatic nitrogens is 5. The topological polar surface area (TPSA) is 61.7 Å². The van der Waals surface area contributed by atoms with E-state index in [2.05, 4.69) is 167 Å². The second-order valence-electron chi connectivity index (χ2n) is 15.2. The van der Waals surface area contributed by atoms with Crippen LogP contribution >= 0.6 is 0 Å². The molecule has 6 heteroatoms. The molecule has 274 valence electrons. The average molecular weight is 754 g/mol. The van der Waals surface area contributed by atoms with Gasteiger partial charge in [-0.3, -0.25) is 4.57 Å². The smallest absolute Gasteiger partial charge is 0.238 e. The molecule has 4 aromatic heterocycles. The molecule has 9 aromatic carbocycles. The van der Waals surface area contributed by atoms with Crippen LogP contribution in [0.25, 0.3) is 122 Å². The van der Waals surface area contributed by atoms with Crippen molar-refractivity contribution in [3.05, 3.63) is 188 Å². The van der Waals surface area contributed by atoms with E-state index in [0.717, 1.165) is 65.9 Å². The van der Waals surface area contributed by atoms with Crippen molar-refractivity contribution in [2.24, 2.45) is 0 Å². The summed E-state index contributed by atoms with van der Waals surface area (Å²) in [6.45, 7) is 0. The SMILES string of the molecule is c1ccc(-c2nc(-c3cccc4c3oc3ccc5ccccc5c34)nc(-n3c4ccc(-n5c6ccccc6c6ccccc65)cc4c4c5ccccc5ccc43)n2)cc1. The van der Waals surface area contributed by atoms with Crippen LogP contribution in [0.15, 0.2) is 192 Å². The van der Waals surface area contributed by atoms with E-state index >= 15 is 0 Å². The number of benzene rings is 9. The van der Waals surface area contributed by atoms with E-state index in [-0.39, 0.29) is 0 Å². The average Bonchev–Trinajstić information content (AvgIpc) is 3.97. The maximum Gasteiger partial charge on any atom is 0.238 e. The van der Waals surface area contributed by atoms with Gasteiger partial charge in [0.15, 0.2) is 11.6 Å². The maximum absolute atomic E-state index is 6.71. The number of fused-ring (bicyclic) bond motifs is 13. The van der Waals surface area contributed by atoms with Crippen molar-refractivity contribution >= 4 is 87.1 Å². The molecule has 0 unspecified atom stereocenters. The van der Waals surface area contributed by atoms with Gasteiger partial charge in [0, 0.05) is 43.6 Å². The van der Waals surface area contributed by atoms with Crippen LogP contribution in [0, 0.1) is 0 Å². The van der Waals surface area contributed by atoms with E-state index < -0.39 is 0 Å². The van der Waals surface area contributed by atoms with Crippen LogP contribution in [0.5, 0.6) is 0 Å². The summed E-state index contributed by atoms with van der Waals surface area (Å²) < 4.78 is 11.3. The van der Waals surface area contributed by atoms with Crippen molar-refractivity contribution in [3.63, 3.8) is 0 Å². The highest BCUT2D eigenvalue weighted by Gasteiger charge is 2.23. The van der Waals surface area contributed by atoms with Crippen LogP contribution in [0.2, 0.25) is 0 Å². The maximum atomic E-state index is 6.71. The molecular weight excluding hydrogens is 723 g/mol. The van der Waals surface area contributed by atoms with E-state index in [0.29, 0.717) is 17.6 Å². The third kappa shape index (κ3) is 4.65. The quantitative estimate of drug-likeness (QED) is 0.180. The van der Waals surface area contributed by atoms with Crippen molar-refractivity contribution in [2.45, 2.75) is 0 Å². The molecule has 0 aliphatic carbocycles. The molecule has 59 heavy (non-hydrogen) atoms. The highest BCUT2D eigenvalue weighted by molar-refractivity contribution is 6.22. The van der Waals surface area contributed by atoms with Crippen LogP contribution in [-0.4, -0.2) is 24.1 Å². The molecule has 6 nitrogen and oxygen atoms in total. The molecule has 0 radical (unpaired) electrons. The summed E-state index contributed by atoms with van der Waals surface area (Å²) in [5, 5.41) is 11.5. The van der Waals surface area contributed by atoms with E-state index in [4.69, 9.17) is 19.4 Å². The minimum atomic E-state index is 0.535. The summed E-state index contributed by atoms with van der Waals surface area (Å²) in [5.74, 6) is 1.66. The highest BCUT2D eigenvalue weighted by atomic mass is 16.3. The summed E-state index contributed by atoms with van der Waals surface area (Å²) in [4.78, 5) is 15.8. The molecule has 0 saturated heterocycles. The van der Waals surface area contributed by atoms with Gasteiger partial charge in [0.1, 0.15) is 11.2 Å². The number of para-hydroxylation sites is 3. The molecule has 0 fully saturated rings. The lowest BCUT2D eigenvalue weighted by Crippen LogP contribution is -2.06. The molecule has 0 amide bonds. The number of hydrogen-bond donors (Lipinski definition) is 0. The van der Waals surface area contributed by atoms with Gasteiger partial charge in [-0.1, -0.05) is 140 Å². The zero-order valence-electron chi connectivity index (χ0n) is 31.5. The third-order valence-electron chi connectivity index (χ3n) is 12.0. The van der Waals surface area contributed by atoms with Crippen molar-refractivity contribution in [1.82, 2.24) is 24.1 Å². The Morgan fingerprint density at radius 1 is 0.373 bits per heavy atom. The van der Waals surface area contributed by atoms with Gasteiger partial charge in [-0.05, 0) is 70.1 Å². The summed E-state index contributed by atoms with van der Waals surface area (Å²) in [7, 11) is 0. The molecule has 0 aliphatic heterocycles. The van der Waals surface area contributed by atoms with E-state index in [1.54, 1.807) is 0 Å². The van der Waals surface area contributed by atoms with Crippen LogP contribution in [0.1, 0.15) is 0 Å². The van der Waals surface area contributed by atoms with E-state index in [1.165, 1.54) is 38.0 Å². The standard InChI is InChI=1S/C53H31N5O/c1-2-15-34(16-3-1)51-54-52(41-22-12-21-40-49-37-18-7-5-14-33(37)26-30-47(49)59-50(40)41)56-53(55-51)58-45-29-27-35(31-42(45)48-36-17-6-4-13-32(36)25-28-46(48)58)57-43-23-10-8-19-38(43)39-20-9-11-24-44(39)57/h1-31H. The molecule has 0 N–H and O–H groups in total. The summed E-state index contributed by atoms with van der Waals surface area (Å²) in [5.41, 5.74) is 8.74. The third-order valence-corrected chi connectivity index (χ3v) is 12.0. The Bertz CT molecular complexity index is 3800. The largest absolute Gasteiger partial charge is 0.455 e. The minimum Gasteiger partial charge on any atom is -0.455 e. The van der Waals surface area contributed by atoms with Crippen molar-refractivity contribution in [2.75, 3.05) is 0 Å². The number of rotatable bonds is 4. The van der Waals surface area contributed by atoms with Crippen molar-refractivity contribution < 1.29 is 4.42 Å². The summed E-state index contributed by atoms with van der Waals surface area (Å²) in [6, 6.07) is 66.1. The predicted octanol–water partition coefficient (Wildman–Crippen LogP) is 13.6. The Labute approximate surface area is 336 Å². The van der Waals surface area contributed by atoms with Crippen LogP contribution < -0.4 is 0 Å². The summed E-state index contributed by atoms with van der Waals surface area (Å²) >= 11 is 0. The lowest BCUT2D eigenvalue weighted by Gasteiger charge is -2.12. The van der Waals surface area contributed by atoms with Gasteiger partial charge in [0.25, 0.3) is 0 Å². The molecule has 0 bridgehead atoms. The van der Waals surface area contributed by atoms with E-state index in [9.17, 15) is 0 Å². The van der Waals surface area contributed by atoms with Crippen LogP contribution in [0.3, 0.4) is 0 Å². The highest BCUT2D eigenvalue weighted by Crippen LogP contribution is 2.42. The Balaban J connectivity index is 1.11. The van der Waals surface area contributed by atoms with Gasteiger partial charge in [-0.25, -0.2) is 4.98 Å². The monoisotopic (exact) mass is 753 g/mol. The second-order valence-corrected chi connectivity index (χ2v) is 15.2. The molecule has 4 heterocycles. The Hall–Kier alpha value is -8.09. The Morgan fingerprint density at radius 2 is 0.966 bits per heavy atom. The first kappa shape index (κ1) is 32.0. The van der Waals surface area contributed by atoms with E-state index in [1.807, 2.05) is 30.3 Å². The fourth-order valence-corrected chi connectivity index (χ4v) is 9.38. The van der Waals surface area contributed by atoms with Gasteiger partial charge in [0.2, 0.25) is 5.95 Å². The molecule has 13 aromatic rings. The number of nitrogens with zero attached hydrogens (tertiary/aromatic N) is 5. The van der Waals surface area contributed by atoms with Gasteiger partial charge in [0.05, 0.1) is 27.6 Å². The molecule has 0 atom stereocenters. The van der Waals surface area contributed by atoms with Gasteiger partial charge < -0.3 is 8.98 Å². The van der Waals surface area contributed by atoms with Crippen LogP contribution in [-0.2, 0) is 0 Å². The zero-order valence-corrected chi connectivity index (χ0v) is 31.5. The lowest BCUT2D eigenvalue weighted by molar-refractivity contribution is 0.669. The fraction of sp³-hybridized carbons (Fsp3) is 0. The normalized spacial score (nSPS) is 12.1. The zero-order chi connectivity index (χ0) is 38.6. The minimum absolute atomic E-state index is 0.535. The van der Waals surface area contributed by atoms with Gasteiger partial charge in [-0.15, -0.1) is 0 Å². The van der Waals surface area contributed by atoms with Crippen molar-refractivity contribution in [1.29, 1.82) is 0 Å². The Kier molecular flexibility index (Phi) is 6.63. The first-order valence-electron chi connectivity index (χ1n) is 19.9. The number of hydrogen-bond acceptors (Lipinski definition) is 4. The molecule has 0 saturated carbocycles. The predicted molar refractivity (Wildman–Crippen MR) is 242 cm³/mol. The van der Waals surface area contributed by atoms with Gasteiger partial charge >= 0.3 is 0 Å². The first-order valence-corrected chi connectivity index (χ1v) is 19.9. The molecular formula is C53H31N5O. The first-order chi connectivity index (χ1) is 29.3. The van der Waals surface area contributed by atoms with Crippen LogP contribution in [0.4, 0.5) is 0 Å². The lowest BCUT2D eigenvalue weighted by atomic mass is 10.0. The van der Waals surface area contributed by atoms with Gasteiger partial charge in [-0.2, -0.15) is 9.97 Å². The molecule has 13 rings (SSSR count). The molecule has 0 spiro atoms. The number of furan rings is 1.